The van der Waals surface area contributed by atoms with Crippen LogP contribution in [0.4, 0.5) is 0 Å². The molecule has 0 heteroatoms. The van der Waals surface area contributed by atoms with Crippen molar-refractivity contribution in [2.24, 2.45) is 0 Å². The maximum atomic E-state index is 4.09. The summed E-state index contributed by atoms with van der Waals surface area (Å²) in [7, 11) is 0. The third-order valence-electron chi connectivity index (χ3n) is 6.47. The van der Waals surface area contributed by atoms with Crippen molar-refractivity contribution in [1.29, 1.82) is 0 Å². The van der Waals surface area contributed by atoms with Crippen LogP contribution in [0.25, 0.3) is 16.7 Å². The molecule has 0 unspecified atom stereocenters. The number of allylic oxidation sites excluding steroid dienone is 9. The minimum absolute atomic E-state index is 0.103. The Morgan fingerprint density at radius 1 is 1.03 bits per heavy atom. The highest BCUT2D eigenvalue weighted by atomic mass is 14.4. The Morgan fingerprint density at radius 2 is 1.79 bits per heavy atom. The SMILES string of the molecule is C=C/C(=C\C(=C/C)c1cccc2c1C1=C(CCC=C1)C2(C)C)c1ccc(C)cc1. The fraction of sp³-hybridized carbons (Fsp3) is 0.241. The normalized spacial score (nSPS) is 17.9. The first-order valence-electron chi connectivity index (χ1n) is 10.6. The number of hydrogen-bond donors (Lipinski definition) is 0. The summed E-state index contributed by atoms with van der Waals surface area (Å²) in [5.74, 6) is 0. The zero-order valence-electron chi connectivity index (χ0n) is 18.0. The molecule has 0 nitrogen and oxygen atoms in total. The smallest absolute Gasteiger partial charge is 0.0121 e. The molecule has 0 aromatic heterocycles. The summed E-state index contributed by atoms with van der Waals surface area (Å²) in [6, 6.07) is 15.5. The molecule has 0 fully saturated rings. The molecule has 0 aliphatic heterocycles. The summed E-state index contributed by atoms with van der Waals surface area (Å²) in [4.78, 5) is 0. The molecule has 2 aromatic carbocycles. The monoisotopic (exact) mass is 378 g/mol. The zero-order valence-corrected chi connectivity index (χ0v) is 18.0. The van der Waals surface area contributed by atoms with Crippen LogP contribution in [0, 0.1) is 6.92 Å². The third kappa shape index (κ3) is 3.27. The van der Waals surface area contributed by atoms with Gasteiger partial charge in [-0.2, -0.15) is 0 Å². The summed E-state index contributed by atoms with van der Waals surface area (Å²) in [6.45, 7) is 13.1. The Kier molecular flexibility index (Phi) is 5.04. The van der Waals surface area contributed by atoms with Crippen molar-refractivity contribution < 1.29 is 0 Å². The number of hydrogen-bond acceptors (Lipinski definition) is 0. The highest BCUT2D eigenvalue weighted by Crippen LogP contribution is 2.52. The van der Waals surface area contributed by atoms with Crippen LogP contribution < -0.4 is 0 Å². The molecule has 0 radical (unpaired) electrons. The average molecular weight is 379 g/mol. The van der Waals surface area contributed by atoms with Gasteiger partial charge in [0.1, 0.15) is 0 Å². The van der Waals surface area contributed by atoms with Crippen molar-refractivity contribution in [1.82, 2.24) is 0 Å². The molecular formula is C29H30. The molecule has 0 saturated heterocycles. The predicted octanol–water partition coefficient (Wildman–Crippen LogP) is 8.06. The largest absolute Gasteiger partial charge is 0.0984 e. The molecule has 2 aliphatic carbocycles. The van der Waals surface area contributed by atoms with Gasteiger partial charge in [0.05, 0.1) is 0 Å². The summed E-state index contributed by atoms with van der Waals surface area (Å²) >= 11 is 0. The molecule has 0 spiro atoms. The highest BCUT2D eigenvalue weighted by molar-refractivity contribution is 5.96. The second kappa shape index (κ2) is 7.52. The van der Waals surface area contributed by atoms with Gasteiger partial charge in [0, 0.05) is 5.41 Å². The fourth-order valence-corrected chi connectivity index (χ4v) is 4.80. The Hall–Kier alpha value is -2.86. The Labute approximate surface area is 175 Å². The van der Waals surface area contributed by atoms with Crippen molar-refractivity contribution in [3.8, 4) is 0 Å². The molecule has 0 saturated carbocycles. The first-order chi connectivity index (χ1) is 14.0. The molecular weight excluding hydrogens is 348 g/mol. The molecule has 0 amide bonds. The lowest BCUT2D eigenvalue weighted by atomic mass is 9.78. The van der Waals surface area contributed by atoms with E-state index in [0.29, 0.717) is 0 Å². The van der Waals surface area contributed by atoms with Crippen molar-refractivity contribution in [2.75, 3.05) is 0 Å². The lowest BCUT2D eigenvalue weighted by Gasteiger charge is -2.25. The fourth-order valence-electron chi connectivity index (χ4n) is 4.80. The van der Waals surface area contributed by atoms with Gasteiger partial charge in [0.15, 0.2) is 0 Å². The van der Waals surface area contributed by atoms with E-state index in [0.717, 1.165) is 18.4 Å². The van der Waals surface area contributed by atoms with E-state index in [2.05, 4.69) is 101 Å². The summed E-state index contributed by atoms with van der Waals surface area (Å²) < 4.78 is 0. The van der Waals surface area contributed by atoms with Crippen molar-refractivity contribution >= 4 is 16.7 Å². The number of rotatable bonds is 4. The van der Waals surface area contributed by atoms with E-state index in [9.17, 15) is 0 Å². The lowest BCUT2D eigenvalue weighted by molar-refractivity contribution is 0.607. The van der Waals surface area contributed by atoms with Gasteiger partial charge in [-0.15, -0.1) is 0 Å². The quantitative estimate of drug-likeness (QED) is 0.472. The molecule has 146 valence electrons. The van der Waals surface area contributed by atoms with Crippen LogP contribution in [0.1, 0.15) is 61.4 Å². The van der Waals surface area contributed by atoms with E-state index in [1.54, 1.807) is 5.57 Å². The van der Waals surface area contributed by atoms with Crippen molar-refractivity contribution in [3.05, 3.63) is 113 Å². The van der Waals surface area contributed by atoms with Crippen LogP contribution >= 0.6 is 0 Å². The van der Waals surface area contributed by atoms with Gasteiger partial charge in [-0.25, -0.2) is 0 Å². The van der Waals surface area contributed by atoms with E-state index in [4.69, 9.17) is 0 Å². The van der Waals surface area contributed by atoms with Gasteiger partial charge >= 0.3 is 0 Å². The van der Waals surface area contributed by atoms with Crippen molar-refractivity contribution in [2.45, 2.75) is 46.0 Å². The Bertz CT molecular complexity index is 1080. The van der Waals surface area contributed by atoms with Crippen LogP contribution in [-0.2, 0) is 5.41 Å². The van der Waals surface area contributed by atoms with Crippen LogP contribution in [0.2, 0.25) is 0 Å². The first kappa shape index (κ1) is 19.5. The average Bonchev–Trinajstić information content (AvgIpc) is 2.98. The van der Waals surface area contributed by atoms with E-state index in [-0.39, 0.29) is 5.41 Å². The minimum Gasteiger partial charge on any atom is -0.0984 e. The van der Waals surface area contributed by atoms with E-state index >= 15 is 0 Å². The molecule has 0 heterocycles. The lowest BCUT2D eigenvalue weighted by Crippen LogP contribution is -2.17. The van der Waals surface area contributed by atoms with E-state index < -0.39 is 0 Å². The first-order valence-corrected chi connectivity index (χ1v) is 10.6. The summed E-state index contributed by atoms with van der Waals surface area (Å²) in [6.07, 6.45) is 13.5. The maximum Gasteiger partial charge on any atom is 0.0121 e. The second-order valence-electron chi connectivity index (χ2n) is 8.60. The van der Waals surface area contributed by atoms with E-state index in [1.165, 1.54) is 39.0 Å². The Balaban J connectivity index is 1.86. The van der Waals surface area contributed by atoms with Gasteiger partial charge in [-0.1, -0.05) is 98.3 Å². The molecule has 0 bridgehead atoms. The topological polar surface area (TPSA) is 0 Å². The van der Waals surface area contributed by atoms with Gasteiger partial charge in [0.25, 0.3) is 0 Å². The molecule has 2 aliphatic rings. The standard InChI is InChI=1S/C29H30/c1-6-21(23-17-15-20(3)16-18-23)19-22(7-2)24-12-10-14-27-28(24)25-11-8-9-13-26(25)29(27,4)5/h6-8,10-12,14-19H,1,9,13H2,2-5H3/b21-19+,22-7+. The van der Waals surface area contributed by atoms with E-state index in [1.807, 2.05) is 6.08 Å². The molecule has 4 rings (SSSR count). The van der Waals surface area contributed by atoms with Gasteiger partial charge < -0.3 is 0 Å². The van der Waals surface area contributed by atoms with Crippen LogP contribution in [-0.4, -0.2) is 0 Å². The third-order valence-corrected chi connectivity index (χ3v) is 6.47. The molecule has 0 N–H and O–H groups in total. The maximum absolute atomic E-state index is 4.09. The van der Waals surface area contributed by atoms with Gasteiger partial charge in [0.2, 0.25) is 0 Å². The van der Waals surface area contributed by atoms with Crippen LogP contribution in [0.3, 0.4) is 0 Å². The number of aryl methyl sites for hydroxylation is 1. The summed E-state index contributed by atoms with van der Waals surface area (Å²) in [5.41, 5.74) is 12.2. The second-order valence-corrected chi connectivity index (χ2v) is 8.60. The summed E-state index contributed by atoms with van der Waals surface area (Å²) in [5, 5.41) is 0. The number of fused-ring (bicyclic) bond motifs is 2. The highest BCUT2D eigenvalue weighted by Gasteiger charge is 2.38. The molecule has 0 atom stereocenters. The van der Waals surface area contributed by atoms with Crippen LogP contribution in [0.5, 0.6) is 0 Å². The zero-order chi connectivity index (χ0) is 20.6. The Morgan fingerprint density at radius 3 is 2.48 bits per heavy atom. The van der Waals surface area contributed by atoms with Gasteiger partial charge in [-0.05, 0) is 71.7 Å². The molecule has 2 aromatic rings. The number of benzene rings is 2. The predicted molar refractivity (Wildman–Crippen MR) is 128 cm³/mol. The molecule has 29 heavy (non-hydrogen) atoms. The van der Waals surface area contributed by atoms with Gasteiger partial charge in [-0.3, -0.25) is 0 Å². The van der Waals surface area contributed by atoms with Crippen molar-refractivity contribution in [3.63, 3.8) is 0 Å². The minimum atomic E-state index is 0.103. The van der Waals surface area contributed by atoms with Crippen LogP contribution in [0.15, 0.2) is 85.0 Å².